The van der Waals surface area contributed by atoms with Crippen LogP contribution in [0.5, 0.6) is 0 Å². The van der Waals surface area contributed by atoms with Crippen LogP contribution >= 0.6 is 0 Å². The van der Waals surface area contributed by atoms with Gasteiger partial charge in [0, 0.05) is 11.6 Å². The molecule has 1 aliphatic heterocycles. The van der Waals surface area contributed by atoms with Gasteiger partial charge in [0.25, 0.3) is 5.91 Å². The number of hydrogen-bond donors (Lipinski definition) is 3. The third-order valence-corrected chi connectivity index (χ3v) is 4.41. The largest absolute Gasteiger partial charge is 0.346 e. The van der Waals surface area contributed by atoms with Gasteiger partial charge in [-0.25, -0.2) is 0 Å². The molecular weight excluding hydrogens is 332 g/mol. The number of carbonyl (C=O) groups excluding carboxylic acids is 3. The fourth-order valence-corrected chi connectivity index (χ4v) is 3.00. The molecule has 3 N–H and O–H groups in total. The highest BCUT2D eigenvalue weighted by atomic mass is 16.2. The minimum atomic E-state index is -0.594. The molecule has 142 valence electrons. The van der Waals surface area contributed by atoms with Gasteiger partial charge < -0.3 is 20.4 Å². The van der Waals surface area contributed by atoms with Gasteiger partial charge in [-0.15, -0.1) is 0 Å². The summed E-state index contributed by atoms with van der Waals surface area (Å²) >= 11 is 0. The van der Waals surface area contributed by atoms with Crippen LogP contribution in [0.2, 0.25) is 0 Å². The van der Waals surface area contributed by atoms with E-state index in [1.165, 1.54) is 4.90 Å². The van der Waals surface area contributed by atoms with E-state index >= 15 is 0 Å². The molecule has 0 atom stereocenters. The minimum absolute atomic E-state index is 0.0575. The molecule has 7 heteroatoms. The smallest absolute Gasteiger partial charge is 0.309 e. The van der Waals surface area contributed by atoms with Crippen LogP contribution in [0, 0.1) is 6.92 Å². The van der Waals surface area contributed by atoms with Crippen LogP contribution < -0.4 is 15.5 Å². The predicted molar refractivity (Wildman–Crippen MR) is 98.9 cm³/mol. The zero-order chi connectivity index (χ0) is 19.1. The molecule has 1 fully saturated rings. The van der Waals surface area contributed by atoms with Crippen molar-refractivity contribution in [2.24, 2.45) is 0 Å². The minimum Gasteiger partial charge on any atom is -0.346 e. The first-order valence-electron chi connectivity index (χ1n) is 9.15. The molecule has 0 aliphatic carbocycles. The fourth-order valence-electron chi connectivity index (χ4n) is 3.00. The van der Waals surface area contributed by atoms with Gasteiger partial charge in [0.2, 0.25) is 0 Å². The molecule has 0 bridgehead atoms. The van der Waals surface area contributed by atoms with Crippen LogP contribution in [-0.4, -0.2) is 67.9 Å². The van der Waals surface area contributed by atoms with Gasteiger partial charge in [-0.2, -0.15) is 0 Å². The third-order valence-electron chi connectivity index (χ3n) is 4.41. The second kappa shape index (κ2) is 9.33. The molecule has 3 amide bonds. The van der Waals surface area contributed by atoms with E-state index in [-0.39, 0.29) is 11.9 Å². The lowest BCUT2D eigenvalue weighted by Crippen LogP contribution is -3.15. The Hall–Kier alpha value is -2.41. The summed E-state index contributed by atoms with van der Waals surface area (Å²) < 4.78 is 0. The van der Waals surface area contributed by atoms with E-state index in [2.05, 4.69) is 10.6 Å². The number of benzene rings is 1. The van der Waals surface area contributed by atoms with E-state index in [4.69, 9.17) is 0 Å². The number of quaternary nitrogens is 1. The maximum atomic E-state index is 12.5. The van der Waals surface area contributed by atoms with Gasteiger partial charge in [0.1, 0.15) is 0 Å². The summed E-state index contributed by atoms with van der Waals surface area (Å²) in [5.41, 5.74) is 1.81. The van der Waals surface area contributed by atoms with Crippen LogP contribution in [-0.2, 0) is 9.59 Å². The summed E-state index contributed by atoms with van der Waals surface area (Å²) in [6.07, 6.45) is 0. The van der Waals surface area contributed by atoms with Crippen molar-refractivity contribution in [2.45, 2.75) is 26.8 Å². The SMILES string of the molecule is Cc1cccc(C(=O)N2CC[NH+](CCNC(=O)C(=O)NC(C)C)CC2)c1. The molecule has 1 saturated heterocycles. The average molecular weight is 361 g/mol. The first-order valence-corrected chi connectivity index (χ1v) is 9.15. The lowest BCUT2D eigenvalue weighted by Gasteiger charge is -2.32. The molecule has 0 spiro atoms. The first-order chi connectivity index (χ1) is 12.4. The molecule has 0 saturated carbocycles. The van der Waals surface area contributed by atoms with E-state index in [0.717, 1.165) is 30.8 Å². The van der Waals surface area contributed by atoms with Crippen LogP contribution in [0.3, 0.4) is 0 Å². The molecule has 1 aromatic rings. The molecule has 0 aromatic heterocycles. The van der Waals surface area contributed by atoms with Crippen LogP contribution in [0.4, 0.5) is 0 Å². The summed E-state index contributed by atoms with van der Waals surface area (Å²) in [6, 6.07) is 7.60. The summed E-state index contributed by atoms with van der Waals surface area (Å²) in [5, 5.41) is 5.22. The number of piperazine rings is 1. The Bertz CT molecular complexity index is 652. The second-order valence-electron chi connectivity index (χ2n) is 7.05. The Morgan fingerprint density at radius 2 is 1.85 bits per heavy atom. The summed E-state index contributed by atoms with van der Waals surface area (Å²) in [6.45, 7) is 9.87. The number of carbonyl (C=O) groups is 3. The van der Waals surface area contributed by atoms with Gasteiger partial charge in [0.05, 0.1) is 39.3 Å². The Morgan fingerprint density at radius 1 is 1.15 bits per heavy atom. The molecule has 2 rings (SSSR count). The van der Waals surface area contributed by atoms with Crippen LogP contribution in [0.25, 0.3) is 0 Å². The van der Waals surface area contributed by atoms with Crippen LogP contribution in [0.1, 0.15) is 29.8 Å². The Labute approximate surface area is 154 Å². The van der Waals surface area contributed by atoms with Gasteiger partial charge >= 0.3 is 11.8 Å². The van der Waals surface area contributed by atoms with Crippen LogP contribution in [0.15, 0.2) is 24.3 Å². The molecule has 0 unspecified atom stereocenters. The maximum absolute atomic E-state index is 12.5. The van der Waals surface area contributed by atoms with Gasteiger partial charge in [-0.05, 0) is 32.9 Å². The Balaban J connectivity index is 1.71. The molecule has 1 aromatic carbocycles. The lowest BCUT2D eigenvalue weighted by atomic mass is 10.1. The zero-order valence-corrected chi connectivity index (χ0v) is 15.8. The topological polar surface area (TPSA) is 83.0 Å². The van der Waals surface area contributed by atoms with Crippen molar-refractivity contribution >= 4 is 17.7 Å². The number of rotatable bonds is 5. The van der Waals surface area contributed by atoms with Gasteiger partial charge in [-0.1, -0.05) is 17.7 Å². The number of amides is 3. The molecular formula is C19H29N4O3+. The highest BCUT2D eigenvalue weighted by molar-refractivity contribution is 6.35. The number of nitrogens with zero attached hydrogens (tertiary/aromatic N) is 1. The Kier molecular flexibility index (Phi) is 7.15. The molecule has 1 heterocycles. The van der Waals surface area contributed by atoms with Crippen molar-refractivity contribution in [3.63, 3.8) is 0 Å². The van der Waals surface area contributed by atoms with Gasteiger partial charge in [-0.3, -0.25) is 14.4 Å². The number of nitrogens with one attached hydrogen (secondary N) is 3. The Morgan fingerprint density at radius 3 is 2.46 bits per heavy atom. The monoisotopic (exact) mass is 361 g/mol. The van der Waals surface area contributed by atoms with Crippen molar-refractivity contribution in [3.8, 4) is 0 Å². The van der Waals surface area contributed by atoms with Gasteiger partial charge in [0.15, 0.2) is 0 Å². The van der Waals surface area contributed by atoms with Crippen molar-refractivity contribution in [1.29, 1.82) is 0 Å². The van der Waals surface area contributed by atoms with Crippen molar-refractivity contribution in [2.75, 3.05) is 39.3 Å². The molecule has 7 nitrogen and oxygen atoms in total. The molecule has 0 radical (unpaired) electrons. The summed E-state index contributed by atoms with van der Waals surface area (Å²) in [7, 11) is 0. The second-order valence-corrected chi connectivity index (χ2v) is 7.05. The zero-order valence-electron chi connectivity index (χ0n) is 15.8. The lowest BCUT2D eigenvalue weighted by molar-refractivity contribution is -0.902. The fraction of sp³-hybridized carbons (Fsp3) is 0.526. The summed E-state index contributed by atoms with van der Waals surface area (Å²) in [4.78, 5) is 38.9. The molecule has 1 aliphatic rings. The predicted octanol–water partition coefficient (Wildman–Crippen LogP) is -1.02. The molecule has 26 heavy (non-hydrogen) atoms. The first kappa shape index (κ1) is 19.9. The van der Waals surface area contributed by atoms with E-state index in [1.54, 1.807) is 0 Å². The standard InChI is InChI=1S/C19H28N4O3/c1-14(2)21-18(25)17(24)20-7-8-22-9-11-23(12-10-22)19(26)16-6-4-5-15(3)13-16/h4-6,13-14H,7-12H2,1-3H3,(H,20,24)(H,21,25)/p+1. The van der Waals surface area contributed by atoms with Crippen molar-refractivity contribution < 1.29 is 19.3 Å². The number of aryl methyl sites for hydroxylation is 1. The average Bonchev–Trinajstić information content (AvgIpc) is 2.61. The van der Waals surface area contributed by atoms with E-state index < -0.39 is 11.8 Å². The highest BCUT2D eigenvalue weighted by Crippen LogP contribution is 2.07. The summed E-state index contributed by atoms with van der Waals surface area (Å²) in [5.74, 6) is -1.11. The highest BCUT2D eigenvalue weighted by Gasteiger charge is 2.24. The maximum Gasteiger partial charge on any atom is 0.309 e. The quantitative estimate of drug-likeness (QED) is 0.587. The van der Waals surface area contributed by atoms with Crippen molar-refractivity contribution in [3.05, 3.63) is 35.4 Å². The van der Waals surface area contributed by atoms with E-state index in [1.807, 2.05) is 49.9 Å². The van der Waals surface area contributed by atoms with E-state index in [9.17, 15) is 14.4 Å². The van der Waals surface area contributed by atoms with Crippen molar-refractivity contribution in [1.82, 2.24) is 15.5 Å². The third kappa shape index (κ3) is 5.84. The van der Waals surface area contributed by atoms with E-state index in [0.29, 0.717) is 19.6 Å². The normalized spacial score (nSPS) is 15.0. The number of hydrogen-bond acceptors (Lipinski definition) is 3.